The predicted molar refractivity (Wildman–Crippen MR) is 88.3 cm³/mol. The molecule has 0 atom stereocenters. The van der Waals surface area contributed by atoms with Gasteiger partial charge in [-0.15, -0.1) is 0 Å². The third-order valence-electron chi connectivity index (χ3n) is 3.19. The second-order valence-electron chi connectivity index (χ2n) is 4.93. The summed E-state index contributed by atoms with van der Waals surface area (Å²) in [6.07, 6.45) is 0.202. The summed E-state index contributed by atoms with van der Waals surface area (Å²) < 4.78 is 4.79. The molecule has 0 unspecified atom stereocenters. The first-order valence-corrected chi connectivity index (χ1v) is 7.74. The number of ether oxygens (including phenoxy) is 1. The maximum Gasteiger partial charge on any atom is 0.306 e. The van der Waals surface area contributed by atoms with E-state index in [2.05, 4.69) is 5.32 Å². The first kappa shape index (κ1) is 19.0. The number of likely N-dealkylation sites (N-methyl/N-ethyl adjacent to an activating group) is 1. The summed E-state index contributed by atoms with van der Waals surface area (Å²) in [7, 11) is 0. The Kier molecular flexibility index (Phi) is 7.54. The summed E-state index contributed by atoms with van der Waals surface area (Å²) >= 11 is 5.90. The smallest absolute Gasteiger partial charge is 0.306 e. The highest BCUT2D eigenvalue weighted by atomic mass is 35.5. The Morgan fingerprint density at radius 2 is 1.96 bits per heavy atom. The monoisotopic (exact) mass is 340 g/mol. The van der Waals surface area contributed by atoms with Crippen LogP contribution in [0.3, 0.4) is 0 Å². The fraction of sp³-hybridized carbons (Fsp3) is 0.438. The summed E-state index contributed by atoms with van der Waals surface area (Å²) in [5.41, 5.74) is 1.47. The quantitative estimate of drug-likeness (QED) is 0.773. The molecule has 7 heteroatoms. The summed E-state index contributed by atoms with van der Waals surface area (Å²) in [5, 5.41) is 3.24. The maximum atomic E-state index is 12.1. The number of nitrogens with zero attached hydrogens (tertiary/aromatic N) is 1. The number of amides is 2. The first-order valence-electron chi connectivity index (χ1n) is 7.36. The maximum absolute atomic E-state index is 12.1. The standard InChI is InChI=1S/C16H21ClN2O4/c1-4-16(22)23-10-15(21)19(5-2)9-14(20)18-13-8-12(17)7-6-11(13)3/h6-8H,4-5,9-10H2,1-3H3,(H,18,20). The molecule has 0 radical (unpaired) electrons. The lowest BCUT2D eigenvalue weighted by atomic mass is 10.2. The van der Waals surface area contributed by atoms with Crippen molar-refractivity contribution in [3.05, 3.63) is 28.8 Å². The zero-order valence-electron chi connectivity index (χ0n) is 13.5. The lowest BCUT2D eigenvalue weighted by molar-refractivity contribution is -0.152. The molecular weight excluding hydrogens is 320 g/mol. The van der Waals surface area contributed by atoms with E-state index >= 15 is 0 Å². The Bertz CT molecular complexity index is 589. The molecule has 0 aliphatic carbocycles. The molecule has 0 saturated heterocycles. The van der Waals surface area contributed by atoms with Gasteiger partial charge in [0.1, 0.15) is 0 Å². The molecule has 1 aromatic carbocycles. The predicted octanol–water partition coefficient (Wildman–Crippen LogP) is 2.39. The summed E-state index contributed by atoms with van der Waals surface area (Å²) in [4.78, 5) is 36.4. The summed E-state index contributed by atoms with van der Waals surface area (Å²) in [5.74, 6) is -1.20. The van der Waals surface area contributed by atoms with Gasteiger partial charge in [-0.1, -0.05) is 24.6 Å². The number of aryl methyl sites for hydroxylation is 1. The Morgan fingerprint density at radius 1 is 1.26 bits per heavy atom. The molecule has 1 N–H and O–H groups in total. The number of nitrogens with one attached hydrogen (secondary N) is 1. The zero-order valence-corrected chi connectivity index (χ0v) is 14.3. The molecule has 1 aromatic rings. The van der Waals surface area contributed by atoms with Gasteiger partial charge in [-0.2, -0.15) is 0 Å². The highest BCUT2D eigenvalue weighted by Gasteiger charge is 2.17. The lowest BCUT2D eigenvalue weighted by Crippen LogP contribution is -2.40. The normalized spacial score (nSPS) is 10.1. The van der Waals surface area contributed by atoms with Gasteiger partial charge in [0.2, 0.25) is 5.91 Å². The van der Waals surface area contributed by atoms with Crippen molar-refractivity contribution in [3.63, 3.8) is 0 Å². The van der Waals surface area contributed by atoms with E-state index in [1.54, 1.807) is 32.0 Å². The zero-order chi connectivity index (χ0) is 17.4. The molecule has 0 saturated carbocycles. The molecular formula is C16H21ClN2O4. The average molecular weight is 341 g/mol. The minimum atomic E-state index is -0.451. The largest absolute Gasteiger partial charge is 0.456 e. The van der Waals surface area contributed by atoms with Gasteiger partial charge in [-0.05, 0) is 31.5 Å². The highest BCUT2D eigenvalue weighted by molar-refractivity contribution is 6.31. The van der Waals surface area contributed by atoms with Crippen molar-refractivity contribution in [2.75, 3.05) is 25.0 Å². The number of esters is 1. The van der Waals surface area contributed by atoms with Crippen LogP contribution in [0.15, 0.2) is 18.2 Å². The van der Waals surface area contributed by atoms with Crippen LogP contribution < -0.4 is 5.32 Å². The van der Waals surface area contributed by atoms with E-state index in [0.717, 1.165) is 5.56 Å². The van der Waals surface area contributed by atoms with E-state index < -0.39 is 11.9 Å². The number of carbonyl (C=O) groups is 3. The first-order chi connectivity index (χ1) is 10.9. The van der Waals surface area contributed by atoms with Gasteiger partial charge < -0.3 is 15.0 Å². The van der Waals surface area contributed by atoms with Crippen LogP contribution in [0.25, 0.3) is 0 Å². The third-order valence-corrected chi connectivity index (χ3v) is 3.42. The van der Waals surface area contributed by atoms with Gasteiger partial charge in [0.15, 0.2) is 6.61 Å². The Morgan fingerprint density at radius 3 is 2.57 bits per heavy atom. The fourth-order valence-corrected chi connectivity index (χ4v) is 1.98. The van der Waals surface area contributed by atoms with Crippen molar-refractivity contribution in [2.24, 2.45) is 0 Å². The molecule has 6 nitrogen and oxygen atoms in total. The molecule has 0 aliphatic rings. The van der Waals surface area contributed by atoms with Gasteiger partial charge in [0.25, 0.3) is 5.91 Å². The lowest BCUT2D eigenvalue weighted by Gasteiger charge is -2.20. The van der Waals surface area contributed by atoms with Crippen molar-refractivity contribution in [1.82, 2.24) is 4.90 Å². The Hall–Kier alpha value is -2.08. The number of halogens is 1. The summed E-state index contributed by atoms with van der Waals surface area (Å²) in [6.45, 7) is 5.10. The van der Waals surface area contributed by atoms with E-state index in [-0.39, 0.29) is 25.5 Å². The molecule has 2 amide bonds. The number of hydrogen-bond donors (Lipinski definition) is 1. The molecule has 126 valence electrons. The molecule has 0 bridgehead atoms. The minimum Gasteiger partial charge on any atom is -0.456 e. The summed E-state index contributed by atoms with van der Waals surface area (Å²) in [6, 6.07) is 5.18. The van der Waals surface area contributed by atoms with Crippen molar-refractivity contribution in [3.8, 4) is 0 Å². The van der Waals surface area contributed by atoms with Crippen molar-refractivity contribution in [2.45, 2.75) is 27.2 Å². The molecule has 1 rings (SSSR count). The molecule has 0 spiro atoms. The molecule has 0 heterocycles. The fourth-order valence-electron chi connectivity index (χ4n) is 1.80. The van der Waals surface area contributed by atoms with Crippen molar-refractivity contribution >= 4 is 35.1 Å². The second kappa shape index (κ2) is 9.15. The number of rotatable bonds is 7. The Balaban J connectivity index is 2.60. The van der Waals surface area contributed by atoms with Crippen LogP contribution >= 0.6 is 11.6 Å². The number of anilines is 1. The molecule has 23 heavy (non-hydrogen) atoms. The van der Waals surface area contributed by atoms with Gasteiger partial charge in [-0.25, -0.2) is 0 Å². The molecule has 0 aliphatic heterocycles. The second-order valence-corrected chi connectivity index (χ2v) is 5.37. The van der Waals surface area contributed by atoms with Gasteiger partial charge in [0, 0.05) is 23.7 Å². The van der Waals surface area contributed by atoms with E-state index in [1.165, 1.54) is 4.90 Å². The van der Waals surface area contributed by atoms with Crippen molar-refractivity contribution < 1.29 is 19.1 Å². The Labute approximate surface area is 140 Å². The van der Waals surface area contributed by atoms with Crippen LogP contribution in [0.4, 0.5) is 5.69 Å². The minimum absolute atomic E-state index is 0.120. The van der Waals surface area contributed by atoms with Gasteiger partial charge in [-0.3, -0.25) is 14.4 Å². The highest BCUT2D eigenvalue weighted by Crippen LogP contribution is 2.20. The van der Waals surface area contributed by atoms with E-state index in [0.29, 0.717) is 17.3 Å². The number of benzene rings is 1. The number of carbonyl (C=O) groups excluding carboxylic acids is 3. The average Bonchev–Trinajstić information content (AvgIpc) is 2.53. The SMILES string of the molecule is CCC(=O)OCC(=O)N(CC)CC(=O)Nc1cc(Cl)ccc1C. The molecule has 0 aromatic heterocycles. The van der Waals surface area contributed by atoms with Gasteiger partial charge in [0.05, 0.1) is 6.54 Å². The van der Waals surface area contributed by atoms with Crippen LogP contribution in [-0.4, -0.2) is 42.4 Å². The van der Waals surface area contributed by atoms with Gasteiger partial charge >= 0.3 is 5.97 Å². The van der Waals surface area contributed by atoms with Crippen LogP contribution in [-0.2, 0) is 19.1 Å². The van der Waals surface area contributed by atoms with Crippen LogP contribution in [0.5, 0.6) is 0 Å². The van der Waals surface area contributed by atoms with E-state index in [9.17, 15) is 14.4 Å². The van der Waals surface area contributed by atoms with Crippen molar-refractivity contribution in [1.29, 1.82) is 0 Å². The van der Waals surface area contributed by atoms with Crippen LogP contribution in [0, 0.1) is 6.92 Å². The van der Waals surface area contributed by atoms with Crippen LogP contribution in [0.1, 0.15) is 25.8 Å². The van der Waals surface area contributed by atoms with Crippen LogP contribution in [0.2, 0.25) is 5.02 Å². The molecule has 0 fully saturated rings. The third kappa shape index (κ3) is 6.28. The van der Waals surface area contributed by atoms with E-state index in [1.807, 2.05) is 6.92 Å². The topological polar surface area (TPSA) is 75.7 Å². The number of hydrogen-bond acceptors (Lipinski definition) is 4. The van der Waals surface area contributed by atoms with E-state index in [4.69, 9.17) is 16.3 Å².